The molecule has 0 bridgehead atoms. The fourth-order valence-electron chi connectivity index (χ4n) is 1.77. The first-order valence-electron chi connectivity index (χ1n) is 3.79. The Morgan fingerprint density at radius 2 is 1.91 bits per heavy atom. The Kier molecular flexibility index (Phi) is 0.779. The third kappa shape index (κ3) is 0.497. The van der Waals surface area contributed by atoms with Crippen molar-refractivity contribution in [3.8, 4) is 0 Å². The monoisotopic (exact) mass is 141 g/mol. The molecule has 0 radical (unpaired) electrons. The molecule has 0 aromatic heterocycles. The summed E-state index contributed by atoms with van der Waals surface area (Å²) in [6.45, 7) is 0.895. The second kappa shape index (κ2) is 1.62. The fourth-order valence-corrected chi connectivity index (χ4v) is 1.77. The van der Waals surface area contributed by atoms with Gasteiger partial charge in [-0.05, 0) is 16.7 Å². The number of rotatable bonds is 0. The molecule has 1 aromatic carbocycles. The van der Waals surface area contributed by atoms with Crippen molar-refractivity contribution in [2.45, 2.75) is 0 Å². The second-order valence-corrected chi connectivity index (χ2v) is 2.91. The van der Waals surface area contributed by atoms with Crippen LogP contribution in [0, 0.1) is 0 Å². The van der Waals surface area contributed by atoms with E-state index in [1.807, 2.05) is 6.21 Å². The smallest absolute Gasteiger partial charge is 0.0652 e. The van der Waals surface area contributed by atoms with Crippen LogP contribution in [-0.2, 0) is 0 Å². The Morgan fingerprint density at radius 1 is 1.09 bits per heavy atom. The minimum Gasteiger partial charge on any atom is -0.288 e. The van der Waals surface area contributed by atoms with E-state index in [0.717, 1.165) is 6.54 Å². The van der Waals surface area contributed by atoms with Crippen molar-refractivity contribution in [1.82, 2.24) is 0 Å². The van der Waals surface area contributed by atoms with E-state index in [2.05, 4.69) is 29.3 Å². The van der Waals surface area contributed by atoms with E-state index in [4.69, 9.17) is 0 Å². The van der Waals surface area contributed by atoms with E-state index in [0.29, 0.717) is 0 Å². The zero-order valence-corrected chi connectivity index (χ0v) is 6.04. The first-order chi connectivity index (χ1) is 5.47. The summed E-state index contributed by atoms with van der Waals surface area (Å²) in [4.78, 5) is 4.22. The maximum absolute atomic E-state index is 4.22. The van der Waals surface area contributed by atoms with Gasteiger partial charge in [-0.3, -0.25) is 4.99 Å². The molecule has 1 heteroatoms. The molecule has 1 aliphatic heterocycles. The van der Waals surface area contributed by atoms with Crippen LogP contribution in [0.5, 0.6) is 0 Å². The molecule has 0 saturated heterocycles. The van der Waals surface area contributed by atoms with E-state index < -0.39 is 0 Å². The van der Waals surface area contributed by atoms with Gasteiger partial charge in [0.25, 0.3) is 0 Å². The van der Waals surface area contributed by atoms with E-state index >= 15 is 0 Å². The van der Waals surface area contributed by atoms with E-state index in [1.165, 1.54) is 22.3 Å². The lowest BCUT2D eigenvalue weighted by Gasteiger charge is -2.20. The zero-order valence-electron chi connectivity index (χ0n) is 6.04. The van der Waals surface area contributed by atoms with Crippen molar-refractivity contribution in [1.29, 1.82) is 0 Å². The zero-order chi connectivity index (χ0) is 7.26. The van der Waals surface area contributed by atoms with Crippen molar-refractivity contribution in [3.05, 3.63) is 35.4 Å². The molecule has 3 rings (SSSR count). The summed E-state index contributed by atoms with van der Waals surface area (Å²) in [7, 11) is 0. The normalized spacial score (nSPS) is 17.8. The summed E-state index contributed by atoms with van der Waals surface area (Å²) in [6, 6.07) is 8.49. The quantitative estimate of drug-likeness (QED) is 0.524. The van der Waals surface area contributed by atoms with Crippen LogP contribution in [0.1, 0.15) is 11.1 Å². The molecule has 1 aromatic rings. The van der Waals surface area contributed by atoms with Crippen LogP contribution in [0.3, 0.4) is 0 Å². The molecule has 0 saturated carbocycles. The lowest BCUT2D eigenvalue weighted by molar-refractivity contribution is 1.29. The third-order valence-corrected chi connectivity index (χ3v) is 2.34. The van der Waals surface area contributed by atoms with Gasteiger partial charge in [0.15, 0.2) is 0 Å². The summed E-state index contributed by atoms with van der Waals surface area (Å²) in [5.74, 6) is 0. The van der Waals surface area contributed by atoms with Gasteiger partial charge in [0, 0.05) is 11.8 Å². The molecular weight excluding hydrogens is 134 g/mol. The molecule has 0 N–H and O–H groups in total. The van der Waals surface area contributed by atoms with Gasteiger partial charge >= 0.3 is 0 Å². The van der Waals surface area contributed by atoms with Crippen molar-refractivity contribution in [3.63, 3.8) is 0 Å². The fraction of sp³-hybridized carbons (Fsp3) is 0.100. The first-order valence-corrected chi connectivity index (χ1v) is 3.79. The average molecular weight is 141 g/mol. The number of aliphatic imine (C=N–C) groups is 1. The standard InChI is InChI=1S/C10H7N/c1-2-4-8-7(3-1)9-5-11-6-10(8)9/h1-5H,6H2. The highest BCUT2D eigenvalue weighted by Crippen LogP contribution is 2.41. The van der Waals surface area contributed by atoms with Crippen molar-refractivity contribution in [2.75, 3.05) is 6.54 Å². The summed E-state index contributed by atoms with van der Waals surface area (Å²) < 4.78 is 0. The minimum atomic E-state index is 0.895. The lowest BCUT2D eigenvalue weighted by atomic mass is 9.82. The predicted molar refractivity (Wildman–Crippen MR) is 46.6 cm³/mol. The first kappa shape index (κ1) is 5.30. The third-order valence-electron chi connectivity index (χ3n) is 2.34. The van der Waals surface area contributed by atoms with Crippen LogP contribution in [0.25, 0.3) is 11.1 Å². The summed E-state index contributed by atoms with van der Waals surface area (Å²) in [5.41, 5.74) is 5.57. The van der Waals surface area contributed by atoms with Crippen LogP contribution in [0.2, 0.25) is 0 Å². The van der Waals surface area contributed by atoms with Crippen LogP contribution < -0.4 is 0 Å². The number of fused-ring (bicyclic) bond motifs is 3. The lowest BCUT2D eigenvalue weighted by Crippen LogP contribution is -2.04. The van der Waals surface area contributed by atoms with Crippen LogP contribution in [-0.4, -0.2) is 12.8 Å². The molecule has 11 heavy (non-hydrogen) atoms. The van der Waals surface area contributed by atoms with Gasteiger partial charge in [0.05, 0.1) is 6.54 Å². The van der Waals surface area contributed by atoms with E-state index in [9.17, 15) is 0 Å². The molecular formula is C10H7N. The van der Waals surface area contributed by atoms with Gasteiger partial charge in [-0.1, -0.05) is 24.3 Å². The highest BCUT2D eigenvalue weighted by Gasteiger charge is 2.25. The maximum atomic E-state index is 4.22. The number of allylic oxidation sites excluding steroid dienone is 1. The van der Waals surface area contributed by atoms with Crippen LogP contribution in [0.15, 0.2) is 29.3 Å². The van der Waals surface area contributed by atoms with Gasteiger partial charge in [-0.2, -0.15) is 0 Å². The molecule has 1 aliphatic carbocycles. The maximum Gasteiger partial charge on any atom is 0.0652 e. The SMILES string of the molecule is C1=NCC2=C1c1ccccc12. The summed E-state index contributed by atoms with van der Waals surface area (Å²) in [6.07, 6.45) is 1.98. The number of nitrogens with zero attached hydrogens (tertiary/aromatic N) is 1. The van der Waals surface area contributed by atoms with Crippen LogP contribution >= 0.6 is 0 Å². The molecule has 52 valence electrons. The number of benzene rings is 1. The Balaban J connectivity index is 2.26. The average Bonchev–Trinajstić information content (AvgIpc) is 2.44. The number of hydrogen-bond acceptors (Lipinski definition) is 1. The highest BCUT2D eigenvalue weighted by molar-refractivity contribution is 6.29. The molecule has 0 spiro atoms. The largest absolute Gasteiger partial charge is 0.288 e. The second-order valence-electron chi connectivity index (χ2n) is 2.91. The van der Waals surface area contributed by atoms with Crippen LogP contribution in [0.4, 0.5) is 0 Å². The van der Waals surface area contributed by atoms with Gasteiger partial charge < -0.3 is 0 Å². The van der Waals surface area contributed by atoms with Gasteiger partial charge in [-0.25, -0.2) is 0 Å². The van der Waals surface area contributed by atoms with Gasteiger partial charge in [0.2, 0.25) is 0 Å². The van der Waals surface area contributed by atoms with E-state index in [-0.39, 0.29) is 0 Å². The topological polar surface area (TPSA) is 12.4 Å². The molecule has 0 unspecified atom stereocenters. The summed E-state index contributed by atoms with van der Waals surface area (Å²) >= 11 is 0. The van der Waals surface area contributed by atoms with Crippen molar-refractivity contribution < 1.29 is 0 Å². The Morgan fingerprint density at radius 3 is 2.82 bits per heavy atom. The Labute approximate surface area is 65.1 Å². The van der Waals surface area contributed by atoms with Gasteiger partial charge in [-0.15, -0.1) is 0 Å². The molecule has 0 fully saturated rings. The molecule has 1 heterocycles. The Bertz CT molecular complexity index is 386. The number of hydrogen-bond donors (Lipinski definition) is 0. The predicted octanol–water partition coefficient (Wildman–Crippen LogP) is 2.00. The van der Waals surface area contributed by atoms with E-state index in [1.54, 1.807) is 0 Å². The molecule has 0 amide bonds. The van der Waals surface area contributed by atoms with Crippen molar-refractivity contribution >= 4 is 17.4 Å². The summed E-state index contributed by atoms with van der Waals surface area (Å²) in [5, 5.41) is 0. The molecule has 1 nitrogen and oxygen atoms in total. The molecule has 2 aliphatic rings. The Hall–Kier alpha value is -1.37. The van der Waals surface area contributed by atoms with Crippen molar-refractivity contribution in [2.24, 2.45) is 4.99 Å². The minimum absolute atomic E-state index is 0.895. The highest BCUT2D eigenvalue weighted by atomic mass is 14.7. The molecule has 0 atom stereocenters. The van der Waals surface area contributed by atoms with Gasteiger partial charge in [0.1, 0.15) is 0 Å².